The Bertz CT molecular complexity index is 625. The maximum Gasteiger partial charge on any atom is 0.263 e. The number of rotatable bonds is 4. The maximum atomic E-state index is 12.5. The minimum Gasteiger partial charge on any atom is -0.481 e. The van der Waals surface area contributed by atoms with Crippen LogP contribution in [0.2, 0.25) is 0 Å². The Morgan fingerprint density at radius 3 is 2.35 bits per heavy atom. The average molecular weight is 311 g/mol. The van der Waals surface area contributed by atoms with E-state index in [1.807, 2.05) is 54.3 Å². The highest BCUT2D eigenvalue weighted by atomic mass is 16.5. The molecule has 0 bridgehead atoms. The minimum absolute atomic E-state index is 0.0447. The van der Waals surface area contributed by atoms with Gasteiger partial charge in [-0.15, -0.1) is 0 Å². The van der Waals surface area contributed by atoms with Gasteiger partial charge in [-0.25, -0.2) is 0 Å². The summed E-state index contributed by atoms with van der Waals surface area (Å²) in [5.41, 5.74) is 1.15. The quantitative estimate of drug-likeness (QED) is 0.868. The molecular formula is C18H21N3O2. The van der Waals surface area contributed by atoms with Crippen molar-refractivity contribution in [2.75, 3.05) is 31.1 Å². The van der Waals surface area contributed by atoms with Gasteiger partial charge in [-0.2, -0.15) is 0 Å². The van der Waals surface area contributed by atoms with Crippen molar-refractivity contribution in [3.8, 4) is 5.75 Å². The summed E-state index contributed by atoms with van der Waals surface area (Å²) in [6.07, 6.45) is 3.12. The number of anilines is 1. The largest absolute Gasteiger partial charge is 0.481 e. The van der Waals surface area contributed by atoms with Crippen LogP contribution in [0.15, 0.2) is 54.9 Å². The number of hydrogen-bond donors (Lipinski definition) is 0. The van der Waals surface area contributed by atoms with Crippen LogP contribution < -0.4 is 9.64 Å². The number of amides is 1. The highest BCUT2D eigenvalue weighted by Gasteiger charge is 2.26. The second-order valence-corrected chi connectivity index (χ2v) is 5.59. The van der Waals surface area contributed by atoms with Gasteiger partial charge in [0, 0.05) is 44.3 Å². The minimum atomic E-state index is -0.468. The fourth-order valence-corrected chi connectivity index (χ4v) is 2.75. The third kappa shape index (κ3) is 3.80. The van der Waals surface area contributed by atoms with E-state index < -0.39 is 6.10 Å². The summed E-state index contributed by atoms with van der Waals surface area (Å²) in [7, 11) is 0. The molecule has 1 saturated heterocycles. The first kappa shape index (κ1) is 15.3. The highest BCUT2D eigenvalue weighted by Crippen LogP contribution is 2.16. The van der Waals surface area contributed by atoms with Crippen molar-refractivity contribution in [3.05, 3.63) is 54.9 Å². The standard InChI is InChI=1S/C18H21N3O2/c1-15(23-17-5-3-2-4-6-17)18(22)21-13-11-20(12-14-21)16-7-9-19-10-8-16/h2-10,15H,11-14H2,1H3. The lowest BCUT2D eigenvalue weighted by molar-refractivity contribution is -0.138. The predicted octanol–water partition coefficient (Wildman–Crippen LogP) is 2.20. The summed E-state index contributed by atoms with van der Waals surface area (Å²) in [6.45, 7) is 4.89. The molecule has 0 saturated carbocycles. The molecular weight excluding hydrogens is 290 g/mol. The first-order chi connectivity index (χ1) is 11.2. The Kier molecular flexibility index (Phi) is 4.76. The lowest BCUT2D eigenvalue weighted by atomic mass is 10.2. The van der Waals surface area contributed by atoms with Gasteiger partial charge >= 0.3 is 0 Å². The lowest BCUT2D eigenvalue weighted by Crippen LogP contribution is -2.52. The molecule has 1 atom stereocenters. The Labute approximate surface area is 136 Å². The molecule has 0 radical (unpaired) electrons. The summed E-state index contributed by atoms with van der Waals surface area (Å²) in [6, 6.07) is 13.5. The molecule has 1 amide bonds. The van der Waals surface area contributed by atoms with E-state index in [0.717, 1.165) is 24.5 Å². The smallest absolute Gasteiger partial charge is 0.263 e. The first-order valence-corrected chi connectivity index (χ1v) is 7.89. The van der Waals surface area contributed by atoms with Crippen LogP contribution in [0.4, 0.5) is 5.69 Å². The molecule has 1 aliphatic heterocycles. The van der Waals surface area contributed by atoms with E-state index >= 15 is 0 Å². The number of aromatic nitrogens is 1. The van der Waals surface area contributed by atoms with Gasteiger partial charge in [-0.3, -0.25) is 9.78 Å². The normalized spacial score (nSPS) is 16.0. The molecule has 1 aromatic carbocycles. The zero-order chi connectivity index (χ0) is 16.1. The average Bonchev–Trinajstić information content (AvgIpc) is 2.63. The molecule has 5 nitrogen and oxygen atoms in total. The first-order valence-electron chi connectivity index (χ1n) is 7.89. The number of carbonyl (C=O) groups excluding carboxylic acids is 1. The number of piperazine rings is 1. The molecule has 5 heteroatoms. The van der Waals surface area contributed by atoms with Gasteiger partial charge in [0.25, 0.3) is 5.91 Å². The molecule has 2 heterocycles. The van der Waals surface area contributed by atoms with Crippen LogP contribution in [0, 0.1) is 0 Å². The molecule has 1 unspecified atom stereocenters. The van der Waals surface area contributed by atoms with Crippen molar-refractivity contribution in [2.45, 2.75) is 13.0 Å². The van der Waals surface area contributed by atoms with Crippen molar-refractivity contribution >= 4 is 11.6 Å². The van der Waals surface area contributed by atoms with Gasteiger partial charge in [-0.05, 0) is 31.2 Å². The van der Waals surface area contributed by atoms with Crippen molar-refractivity contribution in [1.29, 1.82) is 0 Å². The van der Waals surface area contributed by atoms with Gasteiger partial charge in [0.2, 0.25) is 0 Å². The van der Waals surface area contributed by atoms with E-state index in [-0.39, 0.29) is 5.91 Å². The number of benzene rings is 1. The number of ether oxygens (including phenoxy) is 1. The second kappa shape index (κ2) is 7.13. The maximum absolute atomic E-state index is 12.5. The molecule has 23 heavy (non-hydrogen) atoms. The van der Waals surface area contributed by atoms with Crippen molar-refractivity contribution in [3.63, 3.8) is 0 Å². The number of para-hydroxylation sites is 1. The van der Waals surface area contributed by atoms with E-state index in [1.165, 1.54) is 0 Å². The monoisotopic (exact) mass is 311 g/mol. The van der Waals surface area contributed by atoms with Gasteiger partial charge in [0.15, 0.2) is 6.10 Å². The summed E-state index contributed by atoms with van der Waals surface area (Å²) >= 11 is 0. The molecule has 120 valence electrons. The van der Waals surface area contributed by atoms with E-state index in [2.05, 4.69) is 9.88 Å². The van der Waals surface area contributed by atoms with Crippen LogP contribution >= 0.6 is 0 Å². The van der Waals surface area contributed by atoms with E-state index in [1.54, 1.807) is 12.4 Å². The molecule has 1 aliphatic rings. The zero-order valence-electron chi connectivity index (χ0n) is 13.3. The van der Waals surface area contributed by atoms with E-state index in [0.29, 0.717) is 13.1 Å². The fraction of sp³-hybridized carbons (Fsp3) is 0.333. The Morgan fingerprint density at radius 2 is 1.70 bits per heavy atom. The summed E-state index contributed by atoms with van der Waals surface area (Å²) in [5.74, 6) is 0.770. The number of carbonyl (C=O) groups is 1. The Morgan fingerprint density at radius 1 is 1.04 bits per heavy atom. The number of hydrogen-bond acceptors (Lipinski definition) is 4. The second-order valence-electron chi connectivity index (χ2n) is 5.59. The third-order valence-electron chi connectivity index (χ3n) is 4.02. The van der Waals surface area contributed by atoms with Gasteiger partial charge in [0.05, 0.1) is 0 Å². The molecule has 0 N–H and O–H groups in total. The highest BCUT2D eigenvalue weighted by molar-refractivity contribution is 5.81. The molecule has 0 aliphatic carbocycles. The van der Waals surface area contributed by atoms with Crippen molar-refractivity contribution in [1.82, 2.24) is 9.88 Å². The Hall–Kier alpha value is -2.56. The molecule has 1 aromatic heterocycles. The summed E-state index contributed by atoms with van der Waals surface area (Å²) in [4.78, 5) is 20.7. The Balaban J connectivity index is 1.54. The lowest BCUT2D eigenvalue weighted by Gasteiger charge is -2.37. The van der Waals surface area contributed by atoms with Gasteiger partial charge < -0.3 is 14.5 Å². The SMILES string of the molecule is CC(Oc1ccccc1)C(=O)N1CCN(c2ccncc2)CC1. The zero-order valence-corrected chi connectivity index (χ0v) is 13.3. The molecule has 0 spiro atoms. The molecule has 3 rings (SSSR count). The van der Waals surface area contributed by atoms with Crippen LogP contribution in [0.3, 0.4) is 0 Å². The van der Waals surface area contributed by atoms with Crippen LogP contribution in [0.1, 0.15) is 6.92 Å². The van der Waals surface area contributed by atoms with E-state index in [4.69, 9.17) is 4.74 Å². The van der Waals surface area contributed by atoms with Crippen LogP contribution in [-0.4, -0.2) is 48.1 Å². The van der Waals surface area contributed by atoms with Crippen LogP contribution in [-0.2, 0) is 4.79 Å². The fourth-order valence-electron chi connectivity index (χ4n) is 2.75. The topological polar surface area (TPSA) is 45.7 Å². The van der Waals surface area contributed by atoms with E-state index in [9.17, 15) is 4.79 Å². The number of nitrogens with zero attached hydrogens (tertiary/aromatic N) is 3. The van der Waals surface area contributed by atoms with Gasteiger partial charge in [-0.1, -0.05) is 18.2 Å². The summed E-state index contributed by atoms with van der Waals surface area (Å²) in [5, 5.41) is 0. The van der Waals surface area contributed by atoms with Gasteiger partial charge in [0.1, 0.15) is 5.75 Å². The molecule has 1 fully saturated rings. The van der Waals surface area contributed by atoms with Crippen LogP contribution in [0.25, 0.3) is 0 Å². The van der Waals surface area contributed by atoms with Crippen LogP contribution in [0.5, 0.6) is 5.75 Å². The van der Waals surface area contributed by atoms with Crippen molar-refractivity contribution < 1.29 is 9.53 Å². The predicted molar refractivity (Wildman–Crippen MR) is 89.6 cm³/mol. The third-order valence-corrected chi connectivity index (χ3v) is 4.02. The number of pyridine rings is 1. The summed E-state index contributed by atoms with van der Waals surface area (Å²) < 4.78 is 5.73. The molecule has 2 aromatic rings. The van der Waals surface area contributed by atoms with Crippen molar-refractivity contribution in [2.24, 2.45) is 0 Å².